The monoisotopic (exact) mass is 486 g/mol. The molecule has 0 radical (unpaired) electrons. The van der Waals surface area contributed by atoms with Crippen molar-refractivity contribution in [1.29, 1.82) is 0 Å². The van der Waals surface area contributed by atoms with Crippen molar-refractivity contribution in [3.63, 3.8) is 0 Å². The molecule has 4 rings (SSSR count). The van der Waals surface area contributed by atoms with Gasteiger partial charge in [-0.2, -0.15) is 4.31 Å². The average Bonchev–Trinajstić information content (AvgIpc) is 2.79. The lowest BCUT2D eigenvalue weighted by atomic mass is 10.0. The Labute approximate surface area is 195 Å². The smallest absolute Gasteiger partial charge is 0.243 e. The molecule has 3 aromatic rings. The first kappa shape index (κ1) is 23.3. The molecule has 0 amide bonds. The third kappa shape index (κ3) is 5.38. The zero-order chi connectivity index (χ0) is 23.6. The summed E-state index contributed by atoms with van der Waals surface area (Å²) in [7, 11) is -5.72. The first-order valence-electron chi connectivity index (χ1n) is 10.5. The Morgan fingerprint density at radius 3 is 2.27 bits per heavy atom. The standard InChI is InChI=1S/C24H26N2O5S2/c1-18-3-11-24(12-4-18)33(29,30)26-14-13-20-7-8-22(15-21(20)16-26)25-32(27,28)17-19-5-9-23(31-2)10-6-19/h3-12,15,25H,13-14,16-17H2,1-2H3. The van der Waals surface area contributed by atoms with Crippen LogP contribution in [0.3, 0.4) is 0 Å². The van der Waals surface area contributed by atoms with E-state index in [2.05, 4.69) is 4.72 Å². The quantitative estimate of drug-likeness (QED) is 0.550. The Kier molecular flexibility index (Phi) is 6.47. The van der Waals surface area contributed by atoms with E-state index < -0.39 is 20.0 Å². The SMILES string of the molecule is COc1ccc(CS(=O)(=O)Nc2ccc3c(c2)CN(S(=O)(=O)c2ccc(C)cc2)CC3)cc1. The van der Waals surface area contributed by atoms with Crippen LogP contribution >= 0.6 is 0 Å². The van der Waals surface area contributed by atoms with E-state index >= 15 is 0 Å². The highest BCUT2D eigenvalue weighted by Gasteiger charge is 2.28. The summed E-state index contributed by atoms with van der Waals surface area (Å²) in [6, 6.07) is 18.9. The maximum Gasteiger partial charge on any atom is 0.243 e. The Bertz CT molecular complexity index is 1350. The highest BCUT2D eigenvalue weighted by atomic mass is 32.2. The number of aryl methyl sites for hydroxylation is 1. The number of sulfonamides is 2. The molecule has 0 spiro atoms. The first-order valence-corrected chi connectivity index (χ1v) is 13.6. The molecule has 0 aromatic heterocycles. The van der Waals surface area contributed by atoms with E-state index in [9.17, 15) is 16.8 Å². The van der Waals surface area contributed by atoms with Crippen molar-refractivity contribution >= 4 is 25.7 Å². The Balaban J connectivity index is 1.50. The van der Waals surface area contributed by atoms with Crippen molar-refractivity contribution in [3.05, 3.63) is 89.0 Å². The minimum absolute atomic E-state index is 0.179. The normalized spacial score (nSPS) is 14.5. The van der Waals surface area contributed by atoms with Crippen molar-refractivity contribution in [2.45, 2.75) is 30.5 Å². The molecule has 0 saturated heterocycles. The minimum atomic E-state index is -3.65. The van der Waals surface area contributed by atoms with Gasteiger partial charge in [0, 0.05) is 18.8 Å². The maximum atomic E-state index is 13.1. The molecule has 174 valence electrons. The van der Waals surface area contributed by atoms with Crippen LogP contribution in [-0.2, 0) is 38.8 Å². The van der Waals surface area contributed by atoms with E-state index in [0.717, 1.165) is 16.7 Å². The van der Waals surface area contributed by atoms with Gasteiger partial charge in [0.25, 0.3) is 0 Å². The minimum Gasteiger partial charge on any atom is -0.497 e. The summed E-state index contributed by atoms with van der Waals surface area (Å²) in [5, 5.41) is 0. The lowest BCUT2D eigenvalue weighted by molar-refractivity contribution is 0.391. The van der Waals surface area contributed by atoms with Gasteiger partial charge >= 0.3 is 0 Å². The van der Waals surface area contributed by atoms with E-state index in [0.29, 0.717) is 30.0 Å². The topological polar surface area (TPSA) is 92.8 Å². The van der Waals surface area contributed by atoms with Crippen LogP contribution in [0.25, 0.3) is 0 Å². The van der Waals surface area contributed by atoms with Crippen molar-refractivity contribution in [1.82, 2.24) is 4.31 Å². The molecule has 1 heterocycles. The molecular formula is C24H26N2O5S2. The Morgan fingerprint density at radius 2 is 1.61 bits per heavy atom. The predicted octanol–water partition coefficient (Wildman–Crippen LogP) is 3.69. The van der Waals surface area contributed by atoms with E-state index in [4.69, 9.17) is 4.74 Å². The van der Waals surface area contributed by atoms with Crippen LogP contribution in [0.2, 0.25) is 0 Å². The van der Waals surface area contributed by atoms with Gasteiger partial charge in [-0.1, -0.05) is 35.9 Å². The number of methoxy groups -OCH3 is 1. The van der Waals surface area contributed by atoms with Gasteiger partial charge in [0.1, 0.15) is 5.75 Å². The van der Waals surface area contributed by atoms with Crippen molar-refractivity contribution in [3.8, 4) is 5.75 Å². The second-order valence-electron chi connectivity index (χ2n) is 8.09. The summed E-state index contributed by atoms with van der Waals surface area (Å²) in [5.41, 5.74) is 3.85. The molecule has 33 heavy (non-hydrogen) atoms. The summed E-state index contributed by atoms with van der Waals surface area (Å²) in [6.07, 6.45) is 0.569. The second-order valence-corrected chi connectivity index (χ2v) is 11.8. The van der Waals surface area contributed by atoms with Gasteiger partial charge in [-0.3, -0.25) is 4.72 Å². The maximum absolute atomic E-state index is 13.1. The van der Waals surface area contributed by atoms with Gasteiger partial charge in [-0.25, -0.2) is 16.8 Å². The van der Waals surface area contributed by atoms with Crippen LogP contribution in [0.5, 0.6) is 5.75 Å². The third-order valence-corrected chi connectivity index (χ3v) is 8.75. The molecule has 7 nitrogen and oxygen atoms in total. The Morgan fingerprint density at radius 1 is 0.909 bits per heavy atom. The highest BCUT2D eigenvalue weighted by molar-refractivity contribution is 7.91. The zero-order valence-electron chi connectivity index (χ0n) is 18.5. The van der Waals surface area contributed by atoms with Gasteiger partial charge in [-0.15, -0.1) is 0 Å². The molecule has 0 aliphatic carbocycles. The van der Waals surface area contributed by atoms with Crippen LogP contribution < -0.4 is 9.46 Å². The summed E-state index contributed by atoms with van der Waals surface area (Å²) in [6.45, 7) is 2.48. The fourth-order valence-corrected chi connectivity index (χ4v) is 6.42. The molecule has 3 aromatic carbocycles. The third-order valence-electron chi connectivity index (χ3n) is 5.63. The predicted molar refractivity (Wildman–Crippen MR) is 128 cm³/mol. The fourth-order valence-electron chi connectivity index (χ4n) is 3.82. The molecule has 9 heteroatoms. The largest absolute Gasteiger partial charge is 0.497 e. The summed E-state index contributed by atoms with van der Waals surface area (Å²) in [4.78, 5) is 0.257. The van der Waals surface area contributed by atoms with E-state index in [1.165, 1.54) is 4.31 Å². The molecule has 1 N–H and O–H groups in total. The van der Waals surface area contributed by atoms with Crippen LogP contribution in [0.1, 0.15) is 22.3 Å². The number of rotatable bonds is 7. The van der Waals surface area contributed by atoms with Crippen LogP contribution in [0.15, 0.2) is 71.6 Å². The molecule has 1 aliphatic rings. The lowest BCUT2D eigenvalue weighted by Crippen LogP contribution is -2.36. The molecule has 0 saturated carbocycles. The number of hydrogen-bond acceptors (Lipinski definition) is 5. The fraction of sp³-hybridized carbons (Fsp3) is 0.250. The van der Waals surface area contributed by atoms with Crippen LogP contribution in [0.4, 0.5) is 5.69 Å². The Hall–Kier alpha value is -2.88. The van der Waals surface area contributed by atoms with Gasteiger partial charge in [0.2, 0.25) is 20.0 Å². The van der Waals surface area contributed by atoms with Crippen molar-refractivity contribution in [2.24, 2.45) is 0 Å². The molecule has 0 unspecified atom stereocenters. The molecule has 0 fully saturated rings. The number of anilines is 1. The van der Waals surface area contributed by atoms with Crippen molar-refractivity contribution in [2.75, 3.05) is 18.4 Å². The molecule has 0 atom stereocenters. The average molecular weight is 487 g/mol. The summed E-state index contributed by atoms with van der Waals surface area (Å²) >= 11 is 0. The molecular weight excluding hydrogens is 460 g/mol. The van der Waals surface area contributed by atoms with Gasteiger partial charge in [0.05, 0.1) is 17.8 Å². The second kappa shape index (κ2) is 9.17. The molecule has 0 bridgehead atoms. The van der Waals surface area contributed by atoms with E-state index in [1.54, 1.807) is 67.8 Å². The van der Waals surface area contributed by atoms with Gasteiger partial charge in [0.15, 0.2) is 0 Å². The number of nitrogens with zero attached hydrogens (tertiary/aromatic N) is 1. The number of benzene rings is 3. The zero-order valence-corrected chi connectivity index (χ0v) is 20.1. The summed E-state index contributed by atoms with van der Waals surface area (Å²) in [5.74, 6) is 0.478. The lowest BCUT2D eigenvalue weighted by Gasteiger charge is -2.28. The van der Waals surface area contributed by atoms with Crippen LogP contribution in [0, 0.1) is 6.92 Å². The number of ether oxygens (including phenoxy) is 1. The summed E-state index contributed by atoms with van der Waals surface area (Å²) < 4.78 is 60.7. The number of nitrogens with one attached hydrogen (secondary N) is 1. The number of hydrogen-bond donors (Lipinski definition) is 1. The van der Waals surface area contributed by atoms with Gasteiger partial charge < -0.3 is 4.74 Å². The first-order chi connectivity index (χ1) is 15.7. The van der Waals surface area contributed by atoms with E-state index in [-0.39, 0.29) is 17.2 Å². The highest BCUT2D eigenvalue weighted by Crippen LogP contribution is 2.28. The van der Waals surface area contributed by atoms with Gasteiger partial charge in [-0.05, 0) is 66.4 Å². The number of fused-ring (bicyclic) bond motifs is 1. The van der Waals surface area contributed by atoms with Crippen molar-refractivity contribution < 1.29 is 21.6 Å². The molecule has 1 aliphatic heterocycles. The van der Waals surface area contributed by atoms with Crippen LogP contribution in [-0.4, -0.2) is 34.8 Å². The van der Waals surface area contributed by atoms with E-state index in [1.807, 2.05) is 13.0 Å².